The fraction of sp³-hybridized carbons (Fsp3) is 0.733. The Hall–Kier alpha value is -1.16. The third-order valence-corrected chi connectivity index (χ3v) is 4.46. The van der Waals surface area contributed by atoms with Gasteiger partial charge >= 0.3 is 0 Å². The Balaban J connectivity index is 2.14. The molecule has 0 aromatic carbocycles. The maximum absolute atomic E-state index is 12.7. The van der Waals surface area contributed by atoms with E-state index in [0.29, 0.717) is 12.2 Å². The Bertz CT molecular complexity index is 444. The van der Waals surface area contributed by atoms with Crippen LogP contribution in [0.15, 0.2) is 6.07 Å². The molecule has 106 valence electrons. The van der Waals surface area contributed by atoms with Gasteiger partial charge < -0.3 is 5.32 Å². The summed E-state index contributed by atoms with van der Waals surface area (Å²) in [5.41, 5.74) is 1.96. The molecule has 0 unspecified atom stereocenters. The van der Waals surface area contributed by atoms with Crippen LogP contribution in [0.3, 0.4) is 0 Å². The molecule has 2 heterocycles. The summed E-state index contributed by atoms with van der Waals surface area (Å²) in [6.45, 7) is 8.96. The number of carbonyl (C=O) groups excluding carboxylic acids is 1. The molecule has 0 aliphatic carbocycles. The highest BCUT2D eigenvalue weighted by Crippen LogP contribution is 2.34. The van der Waals surface area contributed by atoms with E-state index in [2.05, 4.69) is 24.3 Å². The third-order valence-electron chi connectivity index (χ3n) is 4.46. The maximum atomic E-state index is 12.7. The normalized spacial score (nSPS) is 18.5. The number of Topliss-reactive ketones (excluding diaryl/α,β-unsaturated/α-hetero) is 1. The van der Waals surface area contributed by atoms with Crippen molar-refractivity contribution in [2.45, 2.75) is 53.0 Å². The van der Waals surface area contributed by atoms with Crippen molar-refractivity contribution in [1.82, 2.24) is 15.1 Å². The maximum Gasteiger partial charge on any atom is 0.145 e. The number of hydrogen-bond acceptors (Lipinski definition) is 3. The van der Waals surface area contributed by atoms with Crippen molar-refractivity contribution in [3.05, 3.63) is 17.5 Å². The minimum absolute atomic E-state index is 0.109. The van der Waals surface area contributed by atoms with Crippen molar-refractivity contribution in [3.63, 3.8) is 0 Å². The second-order valence-corrected chi connectivity index (χ2v) is 5.58. The van der Waals surface area contributed by atoms with Gasteiger partial charge in [0.1, 0.15) is 5.78 Å². The van der Waals surface area contributed by atoms with Gasteiger partial charge in [0.25, 0.3) is 0 Å². The van der Waals surface area contributed by atoms with Crippen LogP contribution in [-0.2, 0) is 17.8 Å². The third kappa shape index (κ3) is 2.89. The van der Waals surface area contributed by atoms with E-state index in [1.165, 1.54) is 0 Å². The molecule has 0 amide bonds. The van der Waals surface area contributed by atoms with E-state index in [-0.39, 0.29) is 5.41 Å². The second kappa shape index (κ2) is 5.87. The molecule has 4 heteroatoms. The fourth-order valence-electron chi connectivity index (χ4n) is 3.10. The number of nitrogens with zero attached hydrogens (tertiary/aromatic N) is 2. The van der Waals surface area contributed by atoms with Crippen LogP contribution in [0.1, 0.15) is 44.5 Å². The monoisotopic (exact) mass is 263 g/mol. The van der Waals surface area contributed by atoms with Crippen LogP contribution in [0.25, 0.3) is 0 Å². The Kier molecular flexibility index (Phi) is 4.40. The first-order chi connectivity index (χ1) is 9.11. The van der Waals surface area contributed by atoms with Crippen LogP contribution in [0, 0.1) is 12.3 Å². The zero-order chi connectivity index (χ0) is 13.9. The number of aromatic nitrogens is 2. The molecule has 1 saturated heterocycles. The molecule has 0 spiro atoms. The summed E-state index contributed by atoms with van der Waals surface area (Å²) in [5, 5.41) is 7.78. The zero-order valence-corrected chi connectivity index (χ0v) is 12.3. The number of nitrogens with one attached hydrogen (secondary N) is 1. The van der Waals surface area contributed by atoms with Crippen LogP contribution in [0.4, 0.5) is 0 Å². The molecular weight excluding hydrogens is 238 g/mol. The lowest BCUT2D eigenvalue weighted by Crippen LogP contribution is -2.42. The highest BCUT2D eigenvalue weighted by atomic mass is 16.1. The Labute approximate surface area is 115 Å². The average Bonchev–Trinajstić information content (AvgIpc) is 2.79. The Morgan fingerprint density at radius 2 is 2.11 bits per heavy atom. The van der Waals surface area contributed by atoms with E-state index in [4.69, 9.17) is 0 Å². The van der Waals surface area contributed by atoms with E-state index >= 15 is 0 Å². The van der Waals surface area contributed by atoms with E-state index in [1.807, 2.05) is 17.7 Å². The van der Waals surface area contributed by atoms with Gasteiger partial charge in [-0.05, 0) is 52.3 Å². The van der Waals surface area contributed by atoms with Crippen molar-refractivity contribution in [3.8, 4) is 0 Å². The summed E-state index contributed by atoms with van der Waals surface area (Å²) in [7, 11) is 0. The molecule has 19 heavy (non-hydrogen) atoms. The minimum Gasteiger partial charge on any atom is -0.317 e. The van der Waals surface area contributed by atoms with Gasteiger partial charge in [0.2, 0.25) is 0 Å². The van der Waals surface area contributed by atoms with Crippen LogP contribution < -0.4 is 5.32 Å². The molecule has 1 aromatic rings. The largest absolute Gasteiger partial charge is 0.317 e. The summed E-state index contributed by atoms with van der Waals surface area (Å²) in [5.74, 6) is 0.395. The van der Waals surface area contributed by atoms with Gasteiger partial charge in [-0.2, -0.15) is 5.10 Å². The van der Waals surface area contributed by atoms with E-state index in [1.54, 1.807) is 0 Å². The van der Waals surface area contributed by atoms with Crippen LogP contribution in [0.5, 0.6) is 0 Å². The van der Waals surface area contributed by atoms with Crippen molar-refractivity contribution in [2.75, 3.05) is 13.1 Å². The topological polar surface area (TPSA) is 46.9 Å². The van der Waals surface area contributed by atoms with Crippen molar-refractivity contribution >= 4 is 5.78 Å². The van der Waals surface area contributed by atoms with E-state index in [9.17, 15) is 4.79 Å². The molecule has 0 saturated carbocycles. The van der Waals surface area contributed by atoms with Gasteiger partial charge in [0.05, 0.1) is 5.69 Å². The average molecular weight is 263 g/mol. The van der Waals surface area contributed by atoms with Crippen molar-refractivity contribution in [2.24, 2.45) is 5.41 Å². The minimum atomic E-state index is -0.109. The molecular formula is C15H25N3O. The molecule has 0 radical (unpaired) electrons. The SMILES string of the molecule is CCn1nc(C)cc1CC(=O)C1(CC)CCNCC1. The zero-order valence-electron chi connectivity index (χ0n) is 12.3. The lowest BCUT2D eigenvalue weighted by atomic mass is 9.72. The first kappa shape index (κ1) is 14.3. The quantitative estimate of drug-likeness (QED) is 0.885. The van der Waals surface area contributed by atoms with Gasteiger partial charge in [0.15, 0.2) is 0 Å². The van der Waals surface area contributed by atoms with Gasteiger partial charge in [-0.15, -0.1) is 0 Å². The Morgan fingerprint density at radius 1 is 1.42 bits per heavy atom. The smallest absolute Gasteiger partial charge is 0.145 e. The first-order valence-electron chi connectivity index (χ1n) is 7.38. The lowest BCUT2D eigenvalue weighted by molar-refractivity contribution is -0.130. The molecule has 0 bridgehead atoms. The van der Waals surface area contributed by atoms with Crippen LogP contribution in [0.2, 0.25) is 0 Å². The summed E-state index contributed by atoms with van der Waals surface area (Å²) >= 11 is 0. The number of piperidine rings is 1. The van der Waals surface area contributed by atoms with Gasteiger partial charge in [-0.25, -0.2) is 0 Å². The summed E-state index contributed by atoms with van der Waals surface area (Å²) in [6, 6.07) is 2.05. The summed E-state index contributed by atoms with van der Waals surface area (Å²) < 4.78 is 1.96. The summed E-state index contributed by atoms with van der Waals surface area (Å²) in [4.78, 5) is 12.7. The molecule has 1 N–H and O–H groups in total. The number of hydrogen-bond donors (Lipinski definition) is 1. The molecule has 1 aliphatic rings. The molecule has 1 fully saturated rings. The molecule has 1 aliphatic heterocycles. The number of rotatable bonds is 5. The van der Waals surface area contributed by atoms with Gasteiger partial charge in [-0.1, -0.05) is 6.92 Å². The standard InChI is InChI=1S/C15H25N3O/c1-4-15(6-8-16-9-7-15)14(19)11-13-10-12(3)17-18(13)5-2/h10,16H,4-9,11H2,1-3H3. The van der Waals surface area contributed by atoms with Gasteiger partial charge in [0, 0.05) is 24.1 Å². The highest BCUT2D eigenvalue weighted by molar-refractivity contribution is 5.86. The first-order valence-corrected chi connectivity index (χ1v) is 7.38. The second-order valence-electron chi connectivity index (χ2n) is 5.58. The molecule has 1 aromatic heterocycles. The number of aryl methyl sites for hydroxylation is 2. The van der Waals surface area contributed by atoms with Crippen molar-refractivity contribution < 1.29 is 4.79 Å². The summed E-state index contributed by atoms with van der Waals surface area (Å²) in [6.07, 6.45) is 3.43. The predicted octanol–water partition coefficient (Wildman–Crippen LogP) is 2.10. The number of carbonyl (C=O) groups is 1. The molecule has 4 nitrogen and oxygen atoms in total. The molecule has 0 atom stereocenters. The van der Waals surface area contributed by atoms with Crippen LogP contribution in [-0.4, -0.2) is 28.7 Å². The highest BCUT2D eigenvalue weighted by Gasteiger charge is 2.37. The van der Waals surface area contributed by atoms with Crippen LogP contribution >= 0.6 is 0 Å². The Morgan fingerprint density at radius 3 is 2.68 bits per heavy atom. The predicted molar refractivity (Wildman–Crippen MR) is 76.2 cm³/mol. The van der Waals surface area contributed by atoms with E-state index < -0.39 is 0 Å². The number of ketones is 1. The van der Waals surface area contributed by atoms with E-state index in [0.717, 1.165) is 50.3 Å². The van der Waals surface area contributed by atoms with Crippen molar-refractivity contribution in [1.29, 1.82) is 0 Å². The van der Waals surface area contributed by atoms with Gasteiger partial charge in [-0.3, -0.25) is 9.48 Å². The fourth-order valence-corrected chi connectivity index (χ4v) is 3.10. The lowest BCUT2D eigenvalue weighted by Gasteiger charge is -2.35. The molecule has 2 rings (SSSR count).